The van der Waals surface area contributed by atoms with Gasteiger partial charge in [0.15, 0.2) is 5.82 Å². The van der Waals surface area contributed by atoms with Crippen molar-refractivity contribution in [3.8, 4) is 0 Å². The fraction of sp³-hybridized carbons (Fsp3) is 0.143. The Kier molecular flexibility index (Phi) is 1.97. The summed E-state index contributed by atoms with van der Waals surface area (Å²) >= 11 is 4.19. The number of carboxylic acid groups (broad SMARTS) is 1. The van der Waals surface area contributed by atoms with Crippen LogP contribution in [0.1, 0.15) is 6.92 Å². The van der Waals surface area contributed by atoms with Crippen LogP contribution in [0.2, 0.25) is 0 Å². The third-order valence-corrected chi connectivity index (χ3v) is 2.07. The zero-order valence-corrected chi connectivity index (χ0v) is 8.19. The molecule has 6 nitrogen and oxygen atoms in total. The van der Waals surface area contributed by atoms with Gasteiger partial charge in [-0.2, -0.15) is 5.01 Å². The van der Waals surface area contributed by atoms with Gasteiger partial charge < -0.3 is 5.11 Å². The smallest absolute Gasteiger partial charge is 0.427 e. The summed E-state index contributed by atoms with van der Waals surface area (Å²) in [6.07, 6.45) is 2.02. The van der Waals surface area contributed by atoms with E-state index in [-0.39, 0.29) is 0 Å². The number of amides is 1. The van der Waals surface area contributed by atoms with Gasteiger partial charge in [-0.25, -0.2) is 14.8 Å². The molecule has 0 fully saturated rings. The molecule has 0 saturated carbocycles. The fourth-order valence-electron chi connectivity index (χ4n) is 1.17. The highest BCUT2D eigenvalue weighted by atomic mass is 32.1. The number of allylic oxidation sites excluding steroid dienone is 1. The monoisotopic (exact) mass is 212 g/mol. The summed E-state index contributed by atoms with van der Waals surface area (Å²) in [6, 6.07) is 0. The molecule has 0 radical (unpaired) electrons. The minimum absolute atomic E-state index is 0.511. The number of hydrogen-bond donors (Lipinski definition) is 3. The van der Waals surface area contributed by atoms with E-state index >= 15 is 0 Å². The van der Waals surface area contributed by atoms with Crippen molar-refractivity contribution in [3.05, 3.63) is 23.1 Å². The summed E-state index contributed by atoms with van der Waals surface area (Å²) in [5.41, 5.74) is 3.37. The molecule has 0 aromatic rings. The van der Waals surface area contributed by atoms with Gasteiger partial charge in [-0.15, -0.1) is 18.2 Å². The summed E-state index contributed by atoms with van der Waals surface area (Å²) in [5.74, 6) is 0.511. The van der Waals surface area contributed by atoms with Crippen molar-refractivity contribution in [3.63, 3.8) is 0 Å². The number of carbonyl (C=O) groups is 1. The van der Waals surface area contributed by atoms with E-state index in [0.717, 1.165) is 10.7 Å². The molecule has 0 aromatic carbocycles. The molecule has 2 aliphatic rings. The molecule has 7 heteroatoms. The standard InChI is InChI=1S/C7H8N4O2S/c1-4-2-6(14)11-5(8-4)3-10(9-11)7(12)13/h2-3,9,14H,1H3,(H,12,13). The lowest BCUT2D eigenvalue weighted by molar-refractivity contribution is 0.119. The molecule has 1 amide bonds. The first-order chi connectivity index (χ1) is 6.58. The number of hydrogen-bond acceptors (Lipinski definition) is 5. The second-order valence-corrected chi connectivity index (χ2v) is 3.29. The van der Waals surface area contributed by atoms with Gasteiger partial charge in [-0.1, -0.05) is 0 Å². The molecule has 2 rings (SSSR count). The maximum atomic E-state index is 10.6. The van der Waals surface area contributed by atoms with Crippen molar-refractivity contribution in [1.82, 2.24) is 15.6 Å². The van der Waals surface area contributed by atoms with E-state index in [1.807, 2.05) is 6.92 Å². The summed E-state index contributed by atoms with van der Waals surface area (Å²) in [7, 11) is 0. The first-order valence-corrected chi connectivity index (χ1v) is 4.29. The molecular weight excluding hydrogens is 204 g/mol. The first-order valence-electron chi connectivity index (χ1n) is 3.84. The Bertz CT molecular complexity index is 387. The third-order valence-electron chi connectivity index (χ3n) is 1.75. The van der Waals surface area contributed by atoms with Crippen molar-refractivity contribution in [2.24, 2.45) is 4.99 Å². The van der Waals surface area contributed by atoms with Crippen LogP contribution in [-0.2, 0) is 0 Å². The van der Waals surface area contributed by atoms with Crippen molar-refractivity contribution in [1.29, 1.82) is 0 Å². The van der Waals surface area contributed by atoms with Gasteiger partial charge in [0.1, 0.15) is 0 Å². The van der Waals surface area contributed by atoms with Crippen LogP contribution in [0.4, 0.5) is 4.79 Å². The van der Waals surface area contributed by atoms with Gasteiger partial charge >= 0.3 is 6.09 Å². The lowest BCUT2D eigenvalue weighted by Crippen LogP contribution is -2.42. The zero-order valence-electron chi connectivity index (χ0n) is 7.30. The predicted molar refractivity (Wildman–Crippen MR) is 53.1 cm³/mol. The molecule has 2 aliphatic heterocycles. The summed E-state index contributed by atoms with van der Waals surface area (Å²) in [5, 5.41) is 11.7. The van der Waals surface area contributed by atoms with Gasteiger partial charge in [0.2, 0.25) is 0 Å². The number of rotatable bonds is 0. The molecule has 0 bridgehead atoms. The highest BCUT2D eigenvalue weighted by molar-refractivity contribution is 7.84. The van der Waals surface area contributed by atoms with Crippen LogP contribution in [0.15, 0.2) is 28.1 Å². The van der Waals surface area contributed by atoms with Gasteiger partial charge in [-0.3, -0.25) is 0 Å². The third kappa shape index (κ3) is 1.36. The maximum absolute atomic E-state index is 10.6. The van der Waals surface area contributed by atoms with E-state index in [1.165, 1.54) is 11.2 Å². The fourth-order valence-corrected chi connectivity index (χ4v) is 1.50. The lowest BCUT2D eigenvalue weighted by Gasteiger charge is -2.23. The number of nitrogens with one attached hydrogen (secondary N) is 1. The van der Waals surface area contributed by atoms with Gasteiger partial charge in [-0.05, 0) is 13.0 Å². The quantitative estimate of drug-likeness (QED) is 0.518. The summed E-state index contributed by atoms with van der Waals surface area (Å²) < 4.78 is 0. The number of fused-ring (bicyclic) bond motifs is 1. The van der Waals surface area contributed by atoms with Crippen LogP contribution in [-0.4, -0.2) is 26.9 Å². The normalized spacial score (nSPS) is 20.0. The number of aliphatic imine (C=N–C) groups is 1. The molecule has 0 spiro atoms. The number of hydrazine groups is 2. The SMILES string of the molecule is CC1=NC2=CN(C(=O)O)NN2C(S)=C1. The Hall–Kier alpha value is -1.47. The van der Waals surface area contributed by atoms with Gasteiger partial charge in [0.05, 0.1) is 11.2 Å². The molecule has 0 atom stereocenters. The average Bonchev–Trinajstić information content (AvgIpc) is 2.47. The zero-order chi connectivity index (χ0) is 10.3. The van der Waals surface area contributed by atoms with E-state index in [0.29, 0.717) is 10.9 Å². The van der Waals surface area contributed by atoms with E-state index in [9.17, 15) is 4.79 Å². The Morgan fingerprint density at radius 1 is 1.71 bits per heavy atom. The van der Waals surface area contributed by atoms with Crippen LogP contribution in [0, 0.1) is 0 Å². The lowest BCUT2D eigenvalue weighted by atomic mass is 10.3. The topological polar surface area (TPSA) is 68.2 Å². The molecule has 14 heavy (non-hydrogen) atoms. The molecule has 2 heterocycles. The molecule has 0 unspecified atom stereocenters. The minimum Gasteiger partial charge on any atom is -0.464 e. The van der Waals surface area contributed by atoms with E-state index in [1.54, 1.807) is 6.08 Å². The molecular formula is C7H8N4O2S. The van der Waals surface area contributed by atoms with Crippen LogP contribution in [0.3, 0.4) is 0 Å². The van der Waals surface area contributed by atoms with E-state index in [2.05, 4.69) is 23.2 Å². The first kappa shape index (κ1) is 9.10. The molecule has 0 aromatic heterocycles. The predicted octanol–water partition coefficient (Wildman–Crippen LogP) is 0.746. The number of nitrogens with zero attached hydrogens (tertiary/aromatic N) is 3. The average molecular weight is 212 g/mol. The van der Waals surface area contributed by atoms with Crippen molar-refractivity contribution < 1.29 is 9.90 Å². The highest BCUT2D eigenvalue weighted by Gasteiger charge is 2.27. The number of thiol groups is 1. The summed E-state index contributed by atoms with van der Waals surface area (Å²) in [4.78, 5) is 14.8. The van der Waals surface area contributed by atoms with Crippen LogP contribution in [0.25, 0.3) is 0 Å². The largest absolute Gasteiger partial charge is 0.464 e. The minimum atomic E-state index is -1.10. The van der Waals surface area contributed by atoms with E-state index < -0.39 is 6.09 Å². The van der Waals surface area contributed by atoms with Crippen molar-refractivity contribution in [2.75, 3.05) is 0 Å². The summed E-state index contributed by atoms with van der Waals surface area (Å²) in [6.45, 7) is 1.82. The van der Waals surface area contributed by atoms with Crippen LogP contribution < -0.4 is 5.53 Å². The Labute approximate surface area is 85.6 Å². The highest BCUT2D eigenvalue weighted by Crippen LogP contribution is 2.24. The second kappa shape index (κ2) is 3.03. The molecule has 0 saturated heterocycles. The van der Waals surface area contributed by atoms with E-state index in [4.69, 9.17) is 5.11 Å². The molecule has 0 aliphatic carbocycles. The van der Waals surface area contributed by atoms with Gasteiger partial charge in [0, 0.05) is 5.71 Å². The second-order valence-electron chi connectivity index (χ2n) is 2.83. The van der Waals surface area contributed by atoms with Crippen molar-refractivity contribution in [2.45, 2.75) is 6.92 Å². The molecule has 2 N–H and O–H groups in total. The molecule has 74 valence electrons. The van der Waals surface area contributed by atoms with Crippen LogP contribution in [0.5, 0.6) is 0 Å². The maximum Gasteiger partial charge on any atom is 0.427 e. The van der Waals surface area contributed by atoms with Crippen LogP contribution >= 0.6 is 12.6 Å². The Balaban J connectivity index is 2.32. The van der Waals surface area contributed by atoms with Gasteiger partial charge in [0.25, 0.3) is 0 Å². The Morgan fingerprint density at radius 3 is 3.07 bits per heavy atom. The van der Waals surface area contributed by atoms with Crippen molar-refractivity contribution >= 4 is 24.4 Å². The Morgan fingerprint density at radius 2 is 2.43 bits per heavy atom.